The summed E-state index contributed by atoms with van der Waals surface area (Å²) in [5.41, 5.74) is -0.983. The quantitative estimate of drug-likeness (QED) is 0.638. The molecule has 0 fully saturated rings. The SMILES string of the molecule is CCCC1(O)CC=CC=C1O. The standard InChI is InChI=1S/C9H14O2/c1-2-6-9(11)7-4-3-5-8(9)10/h3-5,10-11H,2,6-7H2,1H3. The van der Waals surface area contributed by atoms with Crippen molar-refractivity contribution in [2.24, 2.45) is 0 Å². The van der Waals surface area contributed by atoms with E-state index < -0.39 is 5.60 Å². The Bertz CT molecular complexity index is 194. The Hall–Kier alpha value is -0.760. The van der Waals surface area contributed by atoms with Crippen molar-refractivity contribution in [2.75, 3.05) is 0 Å². The van der Waals surface area contributed by atoms with E-state index in [1.807, 2.05) is 13.0 Å². The molecule has 0 amide bonds. The van der Waals surface area contributed by atoms with Gasteiger partial charge in [0.05, 0.1) is 0 Å². The van der Waals surface area contributed by atoms with Crippen LogP contribution in [0.2, 0.25) is 0 Å². The minimum absolute atomic E-state index is 0.0989. The van der Waals surface area contributed by atoms with Crippen LogP contribution in [0.3, 0.4) is 0 Å². The summed E-state index contributed by atoms with van der Waals surface area (Å²) >= 11 is 0. The monoisotopic (exact) mass is 154 g/mol. The van der Waals surface area contributed by atoms with Crippen LogP contribution in [0.1, 0.15) is 26.2 Å². The Morgan fingerprint density at radius 1 is 1.64 bits per heavy atom. The summed E-state index contributed by atoms with van der Waals surface area (Å²) in [6.45, 7) is 1.99. The molecular weight excluding hydrogens is 140 g/mol. The van der Waals surface area contributed by atoms with Crippen molar-refractivity contribution in [3.8, 4) is 0 Å². The van der Waals surface area contributed by atoms with E-state index in [1.54, 1.807) is 12.2 Å². The maximum absolute atomic E-state index is 9.77. The fraction of sp³-hybridized carbons (Fsp3) is 0.556. The predicted octanol–water partition coefficient (Wildman–Crippen LogP) is 1.92. The van der Waals surface area contributed by atoms with Crippen molar-refractivity contribution in [2.45, 2.75) is 31.8 Å². The fourth-order valence-electron chi connectivity index (χ4n) is 1.33. The van der Waals surface area contributed by atoms with Crippen LogP contribution in [-0.2, 0) is 0 Å². The molecule has 0 saturated carbocycles. The summed E-state index contributed by atoms with van der Waals surface area (Å²) in [6.07, 6.45) is 7.22. The topological polar surface area (TPSA) is 40.5 Å². The molecule has 2 heteroatoms. The Labute approximate surface area is 66.9 Å². The summed E-state index contributed by atoms with van der Waals surface area (Å²) in [4.78, 5) is 0. The molecule has 2 nitrogen and oxygen atoms in total. The number of hydrogen-bond donors (Lipinski definition) is 2. The first-order chi connectivity index (χ1) is 5.19. The maximum Gasteiger partial charge on any atom is 0.125 e. The zero-order valence-corrected chi connectivity index (χ0v) is 6.75. The molecule has 1 aliphatic rings. The average Bonchev–Trinajstić information content (AvgIpc) is 1.96. The van der Waals surface area contributed by atoms with E-state index >= 15 is 0 Å². The molecule has 1 atom stereocenters. The van der Waals surface area contributed by atoms with Gasteiger partial charge in [-0.25, -0.2) is 0 Å². The third-order valence-electron chi connectivity index (χ3n) is 1.99. The van der Waals surface area contributed by atoms with Crippen molar-refractivity contribution in [3.63, 3.8) is 0 Å². The average molecular weight is 154 g/mol. The van der Waals surface area contributed by atoms with Crippen molar-refractivity contribution in [1.82, 2.24) is 0 Å². The van der Waals surface area contributed by atoms with Gasteiger partial charge in [0.2, 0.25) is 0 Å². The largest absolute Gasteiger partial charge is 0.509 e. The van der Waals surface area contributed by atoms with Crippen LogP contribution < -0.4 is 0 Å². The molecule has 2 N–H and O–H groups in total. The highest BCUT2D eigenvalue weighted by Gasteiger charge is 2.30. The first-order valence-electron chi connectivity index (χ1n) is 3.98. The summed E-state index contributed by atoms with van der Waals surface area (Å²) in [5, 5.41) is 19.1. The van der Waals surface area contributed by atoms with Crippen LogP contribution in [-0.4, -0.2) is 15.8 Å². The number of allylic oxidation sites excluding steroid dienone is 2. The summed E-state index contributed by atoms with van der Waals surface area (Å²) in [5.74, 6) is 0.0989. The first-order valence-corrected chi connectivity index (χ1v) is 3.98. The van der Waals surface area contributed by atoms with E-state index in [0.717, 1.165) is 6.42 Å². The molecule has 0 radical (unpaired) electrons. The molecule has 1 rings (SSSR count). The van der Waals surface area contributed by atoms with Gasteiger partial charge in [0.25, 0.3) is 0 Å². The molecule has 0 spiro atoms. The van der Waals surface area contributed by atoms with E-state index in [2.05, 4.69) is 0 Å². The molecule has 0 aliphatic heterocycles. The Kier molecular flexibility index (Phi) is 2.35. The summed E-state index contributed by atoms with van der Waals surface area (Å²) in [7, 11) is 0. The molecule has 0 bridgehead atoms. The fourth-order valence-corrected chi connectivity index (χ4v) is 1.33. The van der Waals surface area contributed by atoms with Crippen LogP contribution in [0.5, 0.6) is 0 Å². The van der Waals surface area contributed by atoms with Gasteiger partial charge >= 0.3 is 0 Å². The molecule has 0 aromatic rings. The van der Waals surface area contributed by atoms with Gasteiger partial charge in [-0.1, -0.05) is 25.5 Å². The number of hydrogen-bond acceptors (Lipinski definition) is 2. The van der Waals surface area contributed by atoms with Crippen LogP contribution >= 0.6 is 0 Å². The van der Waals surface area contributed by atoms with Crippen LogP contribution in [0, 0.1) is 0 Å². The summed E-state index contributed by atoms with van der Waals surface area (Å²) in [6, 6.07) is 0. The highest BCUT2D eigenvalue weighted by Crippen LogP contribution is 2.27. The third-order valence-corrected chi connectivity index (χ3v) is 1.99. The smallest absolute Gasteiger partial charge is 0.125 e. The summed E-state index contributed by atoms with van der Waals surface area (Å²) < 4.78 is 0. The van der Waals surface area contributed by atoms with E-state index in [0.29, 0.717) is 12.8 Å². The lowest BCUT2D eigenvalue weighted by Gasteiger charge is -2.27. The van der Waals surface area contributed by atoms with Crippen LogP contribution in [0.4, 0.5) is 0 Å². The highest BCUT2D eigenvalue weighted by atomic mass is 16.3. The van der Waals surface area contributed by atoms with Crippen LogP contribution in [0.25, 0.3) is 0 Å². The Balaban J connectivity index is 2.71. The van der Waals surface area contributed by atoms with Crippen LogP contribution in [0.15, 0.2) is 24.0 Å². The van der Waals surface area contributed by atoms with Gasteiger partial charge < -0.3 is 10.2 Å². The molecule has 1 aliphatic carbocycles. The van der Waals surface area contributed by atoms with Gasteiger partial charge in [-0.15, -0.1) is 0 Å². The molecule has 0 aromatic heterocycles. The predicted molar refractivity (Wildman–Crippen MR) is 44.3 cm³/mol. The highest BCUT2D eigenvalue weighted by molar-refractivity contribution is 5.22. The second-order valence-corrected chi connectivity index (χ2v) is 2.97. The van der Waals surface area contributed by atoms with Crippen molar-refractivity contribution in [1.29, 1.82) is 0 Å². The first kappa shape index (κ1) is 8.34. The molecule has 0 aromatic carbocycles. The van der Waals surface area contributed by atoms with Gasteiger partial charge in [0.15, 0.2) is 0 Å². The Morgan fingerprint density at radius 2 is 2.36 bits per heavy atom. The Morgan fingerprint density at radius 3 is 2.91 bits per heavy atom. The van der Waals surface area contributed by atoms with Crippen molar-refractivity contribution >= 4 is 0 Å². The second kappa shape index (κ2) is 3.09. The maximum atomic E-state index is 9.77. The van der Waals surface area contributed by atoms with E-state index in [1.165, 1.54) is 0 Å². The van der Waals surface area contributed by atoms with Gasteiger partial charge in [0, 0.05) is 6.42 Å². The minimum atomic E-state index is -0.983. The second-order valence-electron chi connectivity index (χ2n) is 2.97. The zero-order valence-electron chi connectivity index (χ0n) is 6.75. The van der Waals surface area contributed by atoms with Gasteiger partial charge in [-0.2, -0.15) is 0 Å². The van der Waals surface area contributed by atoms with E-state index in [-0.39, 0.29) is 5.76 Å². The lowest BCUT2D eigenvalue weighted by atomic mass is 9.89. The van der Waals surface area contributed by atoms with Gasteiger partial charge in [-0.05, 0) is 12.5 Å². The zero-order chi connectivity index (χ0) is 8.32. The third kappa shape index (κ3) is 1.63. The van der Waals surface area contributed by atoms with Gasteiger partial charge in [-0.3, -0.25) is 0 Å². The molecular formula is C9H14O2. The molecule has 1 unspecified atom stereocenters. The van der Waals surface area contributed by atoms with Gasteiger partial charge in [0.1, 0.15) is 11.4 Å². The molecule has 0 saturated heterocycles. The number of aliphatic hydroxyl groups is 2. The minimum Gasteiger partial charge on any atom is -0.509 e. The normalized spacial score (nSPS) is 30.2. The van der Waals surface area contributed by atoms with Crippen molar-refractivity contribution in [3.05, 3.63) is 24.0 Å². The van der Waals surface area contributed by atoms with Crippen molar-refractivity contribution < 1.29 is 10.2 Å². The lowest BCUT2D eigenvalue weighted by Crippen LogP contribution is -2.31. The lowest BCUT2D eigenvalue weighted by molar-refractivity contribution is 0.0278. The number of aliphatic hydroxyl groups excluding tert-OH is 1. The van der Waals surface area contributed by atoms with E-state index in [9.17, 15) is 10.2 Å². The molecule has 0 heterocycles. The molecule has 11 heavy (non-hydrogen) atoms. The number of rotatable bonds is 2. The molecule has 62 valence electrons. The van der Waals surface area contributed by atoms with E-state index in [4.69, 9.17) is 0 Å².